The summed E-state index contributed by atoms with van der Waals surface area (Å²) in [6.07, 6.45) is 0. The molecule has 0 spiro atoms. The molecule has 0 unspecified atom stereocenters. The Morgan fingerprint density at radius 3 is 2.61 bits per heavy atom. The number of nitriles is 1. The summed E-state index contributed by atoms with van der Waals surface area (Å²) in [6, 6.07) is 19.8. The molecule has 2 aromatic carbocycles. The zero-order valence-corrected chi connectivity index (χ0v) is 13.3. The molecule has 1 aromatic heterocycles. The van der Waals surface area contributed by atoms with E-state index in [0.29, 0.717) is 5.01 Å². The van der Waals surface area contributed by atoms with Crippen LogP contribution in [-0.4, -0.2) is 10.7 Å². The fourth-order valence-corrected chi connectivity index (χ4v) is 2.83. The standard InChI is InChI=1S/C18H14N4S/c1-13-7-5-6-10-15(13)21-22-16(11-19)18-20-17(12-23-18)14-8-3-2-4-9-14/h2-10,12,21H,1H3/b22-16+. The molecule has 0 amide bonds. The fourth-order valence-electron chi connectivity index (χ4n) is 2.06. The highest BCUT2D eigenvalue weighted by Gasteiger charge is 2.10. The van der Waals surface area contributed by atoms with Gasteiger partial charge < -0.3 is 0 Å². The number of benzene rings is 2. The topological polar surface area (TPSA) is 61.1 Å². The number of hydrazone groups is 1. The number of aryl methyl sites for hydroxylation is 1. The van der Waals surface area contributed by atoms with Crippen LogP contribution in [-0.2, 0) is 0 Å². The number of rotatable bonds is 4. The van der Waals surface area contributed by atoms with E-state index in [-0.39, 0.29) is 5.71 Å². The lowest BCUT2D eigenvalue weighted by Crippen LogP contribution is -2.02. The Morgan fingerprint density at radius 1 is 1.13 bits per heavy atom. The van der Waals surface area contributed by atoms with Gasteiger partial charge in [0.05, 0.1) is 11.4 Å². The van der Waals surface area contributed by atoms with Crippen LogP contribution in [0.2, 0.25) is 0 Å². The highest BCUT2D eigenvalue weighted by molar-refractivity contribution is 7.12. The van der Waals surface area contributed by atoms with E-state index in [4.69, 9.17) is 0 Å². The number of para-hydroxylation sites is 1. The Balaban J connectivity index is 1.85. The van der Waals surface area contributed by atoms with Crippen molar-refractivity contribution >= 4 is 22.7 Å². The van der Waals surface area contributed by atoms with Gasteiger partial charge >= 0.3 is 0 Å². The number of nitrogens with zero attached hydrogens (tertiary/aromatic N) is 3. The summed E-state index contributed by atoms with van der Waals surface area (Å²) in [7, 11) is 0. The Hall–Kier alpha value is -2.97. The van der Waals surface area contributed by atoms with Crippen LogP contribution in [0, 0.1) is 18.3 Å². The van der Waals surface area contributed by atoms with Crippen molar-refractivity contribution in [1.82, 2.24) is 4.98 Å². The molecule has 0 aliphatic rings. The lowest BCUT2D eigenvalue weighted by Gasteiger charge is -2.03. The van der Waals surface area contributed by atoms with Crippen molar-refractivity contribution in [3.63, 3.8) is 0 Å². The zero-order valence-electron chi connectivity index (χ0n) is 12.5. The first kappa shape index (κ1) is 14.9. The van der Waals surface area contributed by atoms with Crippen molar-refractivity contribution in [1.29, 1.82) is 5.26 Å². The van der Waals surface area contributed by atoms with Crippen molar-refractivity contribution in [3.8, 4) is 17.3 Å². The average Bonchev–Trinajstić information content (AvgIpc) is 3.08. The minimum Gasteiger partial charge on any atom is -0.277 e. The van der Waals surface area contributed by atoms with Crippen LogP contribution in [0.3, 0.4) is 0 Å². The van der Waals surface area contributed by atoms with Gasteiger partial charge in [-0.25, -0.2) is 4.98 Å². The zero-order chi connectivity index (χ0) is 16.1. The summed E-state index contributed by atoms with van der Waals surface area (Å²) < 4.78 is 0. The van der Waals surface area contributed by atoms with Crippen LogP contribution in [0.25, 0.3) is 11.3 Å². The summed E-state index contributed by atoms with van der Waals surface area (Å²) in [4.78, 5) is 4.51. The molecule has 1 N–H and O–H groups in total. The van der Waals surface area contributed by atoms with Crippen LogP contribution >= 0.6 is 11.3 Å². The van der Waals surface area contributed by atoms with E-state index in [2.05, 4.69) is 21.6 Å². The van der Waals surface area contributed by atoms with E-state index >= 15 is 0 Å². The molecule has 0 fully saturated rings. The van der Waals surface area contributed by atoms with Gasteiger partial charge in [-0.2, -0.15) is 10.4 Å². The molecular formula is C18H14N4S. The highest BCUT2D eigenvalue weighted by atomic mass is 32.1. The third-order valence-corrected chi connectivity index (χ3v) is 4.16. The van der Waals surface area contributed by atoms with Gasteiger partial charge in [0.25, 0.3) is 0 Å². The van der Waals surface area contributed by atoms with Crippen molar-refractivity contribution in [2.45, 2.75) is 6.92 Å². The van der Waals surface area contributed by atoms with Crippen molar-refractivity contribution < 1.29 is 0 Å². The maximum atomic E-state index is 9.35. The van der Waals surface area contributed by atoms with E-state index in [1.807, 2.05) is 66.9 Å². The maximum Gasteiger partial charge on any atom is 0.196 e. The van der Waals surface area contributed by atoms with Gasteiger partial charge in [-0.1, -0.05) is 48.5 Å². The van der Waals surface area contributed by atoms with E-state index in [1.165, 1.54) is 11.3 Å². The molecule has 3 aromatic rings. The average molecular weight is 318 g/mol. The van der Waals surface area contributed by atoms with Gasteiger partial charge in [-0.3, -0.25) is 5.43 Å². The Kier molecular flexibility index (Phi) is 4.46. The number of aromatic nitrogens is 1. The molecule has 0 aliphatic carbocycles. The quantitative estimate of drug-likeness (QED) is 0.571. The first-order valence-corrected chi connectivity index (χ1v) is 7.96. The molecule has 4 nitrogen and oxygen atoms in total. The molecule has 0 radical (unpaired) electrons. The molecule has 5 heteroatoms. The van der Waals surface area contributed by atoms with Gasteiger partial charge in [0.1, 0.15) is 6.07 Å². The van der Waals surface area contributed by atoms with Gasteiger partial charge in [-0.15, -0.1) is 11.3 Å². The lowest BCUT2D eigenvalue weighted by atomic mass is 10.2. The molecule has 0 aliphatic heterocycles. The predicted molar refractivity (Wildman–Crippen MR) is 94.5 cm³/mol. The molecule has 1 heterocycles. The predicted octanol–water partition coefficient (Wildman–Crippen LogP) is 4.46. The Labute approximate surface area is 138 Å². The minimum absolute atomic E-state index is 0.278. The second-order valence-corrected chi connectivity index (χ2v) is 5.76. The van der Waals surface area contributed by atoms with Gasteiger partial charge in [-0.05, 0) is 18.6 Å². The molecule has 0 bridgehead atoms. The third-order valence-electron chi connectivity index (χ3n) is 3.32. The van der Waals surface area contributed by atoms with Gasteiger partial charge in [0, 0.05) is 10.9 Å². The van der Waals surface area contributed by atoms with E-state index < -0.39 is 0 Å². The Morgan fingerprint density at radius 2 is 1.87 bits per heavy atom. The number of anilines is 1. The van der Waals surface area contributed by atoms with E-state index in [1.54, 1.807) is 0 Å². The second-order valence-electron chi connectivity index (χ2n) is 4.90. The Bertz CT molecular complexity index is 875. The number of hydrogen-bond donors (Lipinski definition) is 1. The van der Waals surface area contributed by atoms with Gasteiger partial charge in [0.2, 0.25) is 0 Å². The van der Waals surface area contributed by atoms with Crippen LogP contribution < -0.4 is 5.43 Å². The first-order valence-electron chi connectivity index (χ1n) is 7.08. The molecule has 3 rings (SSSR count). The van der Waals surface area contributed by atoms with Crippen molar-refractivity contribution in [2.75, 3.05) is 5.43 Å². The van der Waals surface area contributed by atoms with E-state index in [9.17, 15) is 5.26 Å². The molecule has 0 saturated carbocycles. The summed E-state index contributed by atoms with van der Waals surface area (Å²) >= 11 is 1.41. The van der Waals surface area contributed by atoms with Crippen LogP contribution in [0.1, 0.15) is 10.6 Å². The van der Waals surface area contributed by atoms with E-state index in [0.717, 1.165) is 22.5 Å². The summed E-state index contributed by atoms with van der Waals surface area (Å²) in [6.45, 7) is 1.99. The summed E-state index contributed by atoms with van der Waals surface area (Å²) in [5.74, 6) is 0. The normalized spacial score (nSPS) is 11.0. The number of thiazole rings is 1. The first-order chi connectivity index (χ1) is 11.3. The third kappa shape index (κ3) is 3.44. The number of nitrogens with one attached hydrogen (secondary N) is 1. The van der Waals surface area contributed by atoms with Crippen LogP contribution in [0.4, 0.5) is 5.69 Å². The maximum absolute atomic E-state index is 9.35. The second kappa shape index (κ2) is 6.86. The summed E-state index contributed by atoms with van der Waals surface area (Å²) in [5.41, 5.74) is 7.04. The van der Waals surface area contributed by atoms with Crippen LogP contribution in [0.5, 0.6) is 0 Å². The molecule has 112 valence electrons. The smallest absolute Gasteiger partial charge is 0.196 e. The fraction of sp³-hybridized carbons (Fsp3) is 0.0556. The largest absolute Gasteiger partial charge is 0.277 e. The molecule has 0 saturated heterocycles. The number of hydrogen-bond acceptors (Lipinski definition) is 5. The monoisotopic (exact) mass is 318 g/mol. The molecule has 23 heavy (non-hydrogen) atoms. The van der Waals surface area contributed by atoms with Gasteiger partial charge in [0.15, 0.2) is 10.7 Å². The molecular weight excluding hydrogens is 304 g/mol. The van der Waals surface area contributed by atoms with Crippen molar-refractivity contribution in [3.05, 3.63) is 70.5 Å². The minimum atomic E-state index is 0.278. The lowest BCUT2D eigenvalue weighted by molar-refractivity contribution is 1.28. The summed E-state index contributed by atoms with van der Waals surface area (Å²) in [5, 5.41) is 16.1. The van der Waals surface area contributed by atoms with Crippen LogP contribution in [0.15, 0.2) is 65.1 Å². The highest BCUT2D eigenvalue weighted by Crippen LogP contribution is 2.22. The molecule has 0 atom stereocenters. The SMILES string of the molecule is Cc1ccccc1N/N=C(\C#N)c1nc(-c2ccccc2)cs1. The van der Waals surface area contributed by atoms with Crippen molar-refractivity contribution in [2.24, 2.45) is 5.10 Å².